The summed E-state index contributed by atoms with van der Waals surface area (Å²) in [6.45, 7) is 3.19. The molecule has 6 heteroatoms. The number of hydrogen-bond donors (Lipinski definition) is 1. The minimum Gasteiger partial charge on any atom is -0.359 e. The SMILES string of the molecule is Cc1cnn(Cc2cc(C(=O)NCC3CC3)no2)c1. The van der Waals surface area contributed by atoms with Gasteiger partial charge in [0, 0.05) is 18.8 Å². The monoisotopic (exact) mass is 260 g/mol. The van der Waals surface area contributed by atoms with Crippen molar-refractivity contribution >= 4 is 5.91 Å². The Bertz CT molecular complexity index is 583. The molecule has 1 aliphatic rings. The zero-order valence-corrected chi connectivity index (χ0v) is 10.8. The van der Waals surface area contributed by atoms with Gasteiger partial charge in [-0.15, -0.1) is 0 Å². The topological polar surface area (TPSA) is 73.0 Å². The normalized spacial score (nSPS) is 14.6. The highest BCUT2D eigenvalue weighted by Gasteiger charge is 2.22. The summed E-state index contributed by atoms with van der Waals surface area (Å²) < 4.78 is 6.90. The smallest absolute Gasteiger partial charge is 0.273 e. The van der Waals surface area contributed by atoms with Crippen molar-refractivity contribution in [2.45, 2.75) is 26.3 Å². The van der Waals surface area contributed by atoms with E-state index in [9.17, 15) is 4.79 Å². The summed E-state index contributed by atoms with van der Waals surface area (Å²) in [4.78, 5) is 11.8. The summed E-state index contributed by atoms with van der Waals surface area (Å²) >= 11 is 0. The third kappa shape index (κ3) is 3.01. The van der Waals surface area contributed by atoms with Crippen LogP contribution in [0.3, 0.4) is 0 Å². The predicted molar refractivity (Wildman–Crippen MR) is 67.6 cm³/mol. The van der Waals surface area contributed by atoms with E-state index in [0.717, 1.165) is 12.1 Å². The molecule has 2 heterocycles. The van der Waals surface area contributed by atoms with Crippen LogP contribution in [0.1, 0.15) is 34.7 Å². The fraction of sp³-hybridized carbons (Fsp3) is 0.462. The number of amides is 1. The molecule has 3 rings (SSSR count). The maximum absolute atomic E-state index is 11.8. The minimum atomic E-state index is -0.168. The molecule has 0 radical (unpaired) electrons. The van der Waals surface area contributed by atoms with E-state index in [1.54, 1.807) is 16.9 Å². The Morgan fingerprint density at radius 1 is 1.58 bits per heavy atom. The molecule has 0 aromatic carbocycles. The summed E-state index contributed by atoms with van der Waals surface area (Å²) in [7, 11) is 0. The largest absolute Gasteiger partial charge is 0.359 e. The van der Waals surface area contributed by atoms with Crippen LogP contribution in [0.2, 0.25) is 0 Å². The van der Waals surface area contributed by atoms with Crippen molar-refractivity contribution in [1.29, 1.82) is 0 Å². The zero-order valence-electron chi connectivity index (χ0n) is 10.8. The molecule has 6 nitrogen and oxygen atoms in total. The second-order valence-electron chi connectivity index (χ2n) is 5.05. The van der Waals surface area contributed by atoms with Crippen molar-refractivity contribution in [2.75, 3.05) is 6.54 Å². The molecule has 0 unspecified atom stereocenters. The van der Waals surface area contributed by atoms with E-state index < -0.39 is 0 Å². The summed E-state index contributed by atoms with van der Waals surface area (Å²) in [6, 6.07) is 1.67. The van der Waals surface area contributed by atoms with Gasteiger partial charge in [0.1, 0.15) is 6.54 Å². The Morgan fingerprint density at radius 2 is 2.42 bits per heavy atom. The van der Waals surface area contributed by atoms with Crippen LogP contribution in [0.15, 0.2) is 23.0 Å². The van der Waals surface area contributed by atoms with Crippen molar-refractivity contribution in [1.82, 2.24) is 20.3 Å². The van der Waals surface area contributed by atoms with Crippen LogP contribution in [0.25, 0.3) is 0 Å². The quantitative estimate of drug-likeness (QED) is 0.881. The van der Waals surface area contributed by atoms with Crippen molar-refractivity contribution < 1.29 is 9.32 Å². The number of hydrogen-bond acceptors (Lipinski definition) is 4. The predicted octanol–water partition coefficient (Wildman–Crippen LogP) is 1.37. The van der Waals surface area contributed by atoms with Crippen LogP contribution < -0.4 is 5.32 Å². The van der Waals surface area contributed by atoms with Gasteiger partial charge < -0.3 is 9.84 Å². The maximum Gasteiger partial charge on any atom is 0.273 e. The van der Waals surface area contributed by atoms with E-state index in [1.807, 2.05) is 13.1 Å². The van der Waals surface area contributed by atoms with Crippen molar-refractivity contribution in [3.05, 3.63) is 35.5 Å². The van der Waals surface area contributed by atoms with Gasteiger partial charge in [-0.1, -0.05) is 5.16 Å². The number of nitrogens with zero attached hydrogens (tertiary/aromatic N) is 3. The molecule has 1 N–H and O–H groups in total. The highest BCUT2D eigenvalue weighted by molar-refractivity contribution is 5.92. The summed E-state index contributed by atoms with van der Waals surface area (Å²) in [5, 5.41) is 10.8. The van der Waals surface area contributed by atoms with Crippen molar-refractivity contribution in [2.24, 2.45) is 5.92 Å². The standard InChI is InChI=1S/C13H16N4O2/c1-9-5-15-17(7-9)8-11-4-12(16-19-11)13(18)14-6-10-2-3-10/h4-5,7,10H,2-3,6,8H2,1H3,(H,14,18). The Labute approximate surface area is 110 Å². The highest BCUT2D eigenvalue weighted by Crippen LogP contribution is 2.27. The molecule has 2 aromatic heterocycles. The van der Waals surface area contributed by atoms with Gasteiger partial charge in [-0.05, 0) is 31.2 Å². The lowest BCUT2D eigenvalue weighted by Crippen LogP contribution is -2.25. The average molecular weight is 260 g/mol. The van der Waals surface area contributed by atoms with E-state index in [4.69, 9.17) is 4.52 Å². The first kappa shape index (κ1) is 12.0. The zero-order chi connectivity index (χ0) is 13.2. The molecule has 100 valence electrons. The highest BCUT2D eigenvalue weighted by atomic mass is 16.5. The second kappa shape index (κ2) is 4.87. The Balaban J connectivity index is 1.60. The van der Waals surface area contributed by atoms with E-state index in [1.165, 1.54) is 12.8 Å². The molecule has 0 spiro atoms. The number of nitrogens with one attached hydrogen (secondary N) is 1. The lowest BCUT2D eigenvalue weighted by atomic mass is 10.3. The Hall–Kier alpha value is -2.11. The van der Waals surface area contributed by atoms with E-state index in [0.29, 0.717) is 23.9 Å². The minimum absolute atomic E-state index is 0.168. The van der Waals surface area contributed by atoms with Crippen LogP contribution in [0.4, 0.5) is 0 Å². The first-order valence-electron chi connectivity index (χ1n) is 6.43. The van der Waals surface area contributed by atoms with E-state index >= 15 is 0 Å². The third-order valence-electron chi connectivity index (χ3n) is 3.12. The number of aromatic nitrogens is 3. The van der Waals surface area contributed by atoms with Crippen molar-refractivity contribution in [3.63, 3.8) is 0 Å². The van der Waals surface area contributed by atoms with Gasteiger partial charge in [0.2, 0.25) is 0 Å². The van der Waals surface area contributed by atoms with Crippen LogP contribution in [0.5, 0.6) is 0 Å². The first-order chi connectivity index (χ1) is 9.20. The molecule has 1 aliphatic carbocycles. The molecule has 1 saturated carbocycles. The Morgan fingerprint density at radius 3 is 3.11 bits per heavy atom. The molecule has 2 aromatic rings. The molecule has 1 fully saturated rings. The lowest BCUT2D eigenvalue weighted by molar-refractivity contribution is 0.0942. The van der Waals surface area contributed by atoms with Crippen LogP contribution in [-0.4, -0.2) is 27.4 Å². The van der Waals surface area contributed by atoms with E-state index in [-0.39, 0.29) is 5.91 Å². The average Bonchev–Trinajstić information content (AvgIpc) is 2.96. The maximum atomic E-state index is 11.8. The van der Waals surface area contributed by atoms with Gasteiger partial charge >= 0.3 is 0 Å². The molecule has 19 heavy (non-hydrogen) atoms. The molecular weight excluding hydrogens is 244 g/mol. The van der Waals surface area contributed by atoms with Gasteiger partial charge in [-0.25, -0.2) is 0 Å². The lowest BCUT2D eigenvalue weighted by Gasteiger charge is -1.98. The van der Waals surface area contributed by atoms with Gasteiger partial charge in [0.15, 0.2) is 11.5 Å². The molecular formula is C13H16N4O2. The Kier molecular flexibility index (Phi) is 3.06. The van der Waals surface area contributed by atoms with Crippen LogP contribution >= 0.6 is 0 Å². The summed E-state index contributed by atoms with van der Waals surface area (Å²) in [5.41, 5.74) is 1.42. The number of rotatable bonds is 5. The molecule has 1 amide bonds. The second-order valence-corrected chi connectivity index (χ2v) is 5.05. The third-order valence-corrected chi connectivity index (χ3v) is 3.12. The summed E-state index contributed by atoms with van der Waals surface area (Å²) in [5.74, 6) is 1.11. The fourth-order valence-corrected chi connectivity index (χ4v) is 1.86. The van der Waals surface area contributed by atoms with Gasteiger partial charge in [0.25, 0.3) is 5.91 Å². The fourth-order valence-electron chi connectivity index (χ4n) is 1.86. The number of carbonyl (C=O) groups is 1. The van der Waals surface area contributed by atoms with Crippen LogP contribution in [-0.2, 0) is 6.54 Å². The van der Waals surface area contributed by atoms with Gasteiger partial charge in [-0.2, -0.15) is 5.10 Å². The first-order valence-corrected chi connectivity index (χ1v) is 6.43. The van der Waals surface area contributed by atoms with Gasteiger partial charge in [-0.3, -0.25) is 9.48 Å². The number of aryl methyl sites for hydroxylation is 1. The molecule has 0 aliphatic heterocycles. The molecule has 0 atom stereocenters. The van der Waals surface area contributed by atoms with Crippen molar-refractivity contribution in [3.8, 4) is 0 Å². The number of carbonyl (C=O) groups excluding carboxylic acids is 1. The van der Waals surface area contributed by atoms with E-state index in [2.05, 4.69) is 15.6 Å². The summed E-state index contributed by atoms with van der Waals surface area (Å²) in [6.07, 6.45) is 6.11. The van der Waals surface area contributed by atoms with Gasteiger partial charge in [0.05, 0.1) is 6.20 Å². The van der Waals surface area contributed by atoms with Crippen LogP contribution in [0, 0.1) is 12.8 Å². The molecule has 0 saturated heterocycles. The molecule has 0 bridgehead atoms.